The number of hydrogen-bond donors (Lipinski definition) is 2. The summed E-state index contributed by atoms with van der Waals surface area (Å²) in [5.74, 6) is 0.512. The number of benzene rings is 1. The number of rotatable bonds is 2. The van der Waals surface area contributed by atoms with E-state index in [1.165, 1.54) is 31.4 Å². The van der Waals surface area contributed by atoms with Crippen LogP contribution in [0.5, 0.6) is 0 Å². The largest absolute Gasteiger partial charge is 0.397 e. The molecule has 3 atom stereocenters. The third kappa shape index (κ3) is 1.82. The fourth-order valence-corrected chi connectivity index (χ4v) is 4.48. The second-order valence-electron chi connectivity index (χ2n) is 7.22. The predicted octanol–water partition coefficient (Wildman–Crippen LogP) is 4.03. The molecule has 3 heteroatoms. The Kier molecular flexibility index (Phi) is 2.60. The minimum atomic E-state index is -0.276. The molecule has 0 aromatic heterocycles. The van der Waals surface area contributed by atoms with Gasteiger partial charge in [-0.2, -0.15) is 0 Å². The minimum absolute atomic E-state index is 0.272. The van der Waals surface area contributed by atoms with Crippen LogP contribution in [0.15, 0.2) is 18.2 Å². The highest BCUT2D eigenvalue weighted by molar-refractivity contribution is 5.66. The number of nitrogens with two attached hydrogens (primary N) is 1. The summed E-state index contributed by atoms with van der Waals surface area (Å²) < 4.78 is 13.1. The van der Waals surface area contributed by atoms with E-state index in [2.05, 4.69) is 26.1 Å². The van der Waals surface area contributed by atoms with Crippen molar-refractivity contribution in [3.05, 3.63) is 24.0 Å². The van der Waals surface area contributed by atoms with Crippen LogP contribution in [0.4, 0.5) is 15.8 Å². The molecule has 2 aliphatic rings. The quantitative estimate of drug-likeness (QED) is 0.790. The Morgan fingerprint density at radius 2 is 2.05 bits per heavy atom. The van der Waals surface area contributed by atoms with E-state index in [4.69, 9.17) is 5.73 Å². The number of anilines is 2. The molecule has 104 valence electrons. The van der Waals surface area contributed by atoms with E-state index in [-0.39, 0.29) is 11.2 Å². The monoisotopic (exact) mass is 262 g/mol. The molecule has 1 aromatic rings. The Bertz CT molecular complexity index is 507. The smallest absolute Gasteiger partial charge is 0.125 e. The average molecular weight is 262 g/mol. The van der Waals surface area contributed by atoms with Gasteiger partial charge in [0.2, 0.25) is 0 Å². The topological polar surface area (TPSA) is 38.0 Å². The van der Waals surface area contributed by atoms with Crippen LogP contribution in [-0.4, -0.2) is 6.04 Å². The highest BCUT2D eigenvalue weighted by Crippen LogP contribution is 2.63. The molecule has 0 spiro atoms. The maximum atomic E-state index is 13.1. The van der Waals surface area contributed by atoms with E-state index in [1.54, 1.807) is 6.07 Å². The predicted molar refractivity (Wildman–Crippen MR) is 77.5 cm³/mol. The molecule has 0 radical (unpaired) electrons. The lowest BCUT2D eigenvalue weighted by Gasteiger charge is -2.43. The van der Waals surface area contributed by atoms with Gasteiger partial charge >= 0.3 is 0 Å². The zero-order valence-electron chi connectivity index (χ0n) is 12.0. The SMILES string of the molecule is CC12CCC(C1)C(C)(C)C2Nc1ccc(F)cc1N. The summed E-state index contributed by atoms with van der Waals surface area (Å²) in [5.41, 5.74) is 7.91. The van der Waals surface area contributed by atoms with Crippen LogP contribution < -0.4 is 11.1 Å². The molecule has 2 fully saturated rings. The highest BCUT2D eigenvalue weighted by Gasteiger charge is 2.59. The average Bonchev–Trinajstić information content (AvgIpc) is 2.78. The Hall–Kier alpha value is -1.25. The van der Waals surface area contributed by atoms with Gasteiger partial charge in [-0.1, -0.05) is 20.8 Å². The molecule has 2 aliphatic carbocycles. The number of hydrogen-bond acceptors (Lipinski definition) is 2. The molecule has 3 rings (SSSR count). The van der Waals surface area contributed by atoms with Gasteiger partial charge in [-0.25, -0.2) is 4.39 Å². The third-order valence-corrected chi connectivity index (χ3v) is 5.58. The molecule has 2 saturated carbocycles. The first-order valence-electron chi connectivity index (χ1n) is 7.14. The molecule has 2 bridgehead atoms. The van der Waals surface area contributed by atoms with Gasteiger partial charge in [0, 0.05) is 6.04 Å². The van der Waals surface area contributed by atoms with Crippen molar-refractivity contribution in [2.75, 3.05) is 11.1 Å². The summed E-state index contributed by atoms with van der Waals surface area (Å²) in [6.45, 7) is 7.07. The third-order valence-electron chi connectivity index (χ3n) is 5.58. The molecule has 1 aromatic carbocycles. The lowest BCUT2D eigenvalue weighted by atomic mass is 9.68. The summed E-state index contributed by atoms with van der Waals surface area (Å²) in [4.78, 5) is 0. The van der Waals surface area contributed by atoms with E-state index in [0.29, 0.717) is 17.1 Å². The Morgan fingerprint density at radius 3 is 2.63 bits per heavy atom. The molecule has 2 nitrogen and oxygen atoms in total. The van der Waals surface area contributed by atoms with E-state index < -0.39 is 0 Å². The summed E-state index contributed by atoms with van der Waals surface area (Å²) in [6.07, 6.45) is 3.90. The van der Waals surface area contributed by atoms with Crippen LogP contribution in [0.1, 0.15) is 40.0 Å². The molecular formula is C16H23FN2. The van der Waals surface area contributed by atoms with Crippen molar-refractivity contribution >= 4 is 11.4 Å². The van der Waals surface area contributed by atoms with Gasteiger partial charge in [0.25, 0.3) is 0 Å². The molecule has 3 N–H and O–H groups in total. The number of nitrogens with one attached hydrogen (secondary N) is 1. The van der Waals surface area contributed by atoms with Crippen molar-refractivity contribution in [3.8, 4) is 0 Å². The van der Waals surface area contributed by atoms with Gasteiger partial charge in [0.1, 0.15) is 5.82 Å². The second-order valence-corrected chi connectivity index (χ2v) is 7.22. The molecular weight excluding hydrogens is 239 g/mol. The first-order valence-corrected chi connectivity index (χ1v) is 7.14. The highest BCUT2D eigenvalue weighted by atomic mass is 19.1. The van der Waals surface area contributed by atoms with Crippen molar-refractivity contribution in [2.24, 2.45) is 16.7 Å². The van der Waals surface area contributed by atoms with E-state index in [9.17, 15) is 4.39 Å². The van der Waals surface area contributed by atoms with Crippen LogP contribution in [0.25, 0.3) is 0 Å². The number of halogens is 1. The molecule has 19 heavy (non-hydrogen) atoms. The van der Waals surface area contributed by atoms with Crippen LogP contribution in [-0.2, 0) is 0 Å². The van der Waals surface area contributed by atoms with Crippen LogP contribution in [0.2, 0.25) is 0 Å². The Labute approximate surface area is 114 Å². The normalized spacial score (nSPS) is 35.6. The number of fused-ring (bicyclic) bond motifs is 2. The second kappa shape index (κ2) is 3.87. The number of nitrogen functional groups attached to an aromatic ring is 1. The van der Waals surface area contributed by atoms with Crippen LogP contribution >= 0.6 is 0 Å². The Balaban J connectivity index is 1.90. The fourth-order valence-electron chi connectivity index (χ4n) is 4.48. The maximum absolute atomic E-state index is 13.1. The van der Waals surface area contributed by atoms with Crippen molar-refractivity contribution in [1.82, 2.24) is 0 Å². The first-order chi connectivity index (χ1) is 8.83. The summed E-state index contributed by atoms with van der Waals surface area (Å²) in [7, 11) is 0. The fraction of sp³-hybridized carbons (Fsp3) is 0.625. The summed E-state index contributed by atoms with van der Waals surface area (Å²) in [5, 5.41) is 3.61. The van der Waals surface area contributed by atoms with Gasteiger partial charge in [-0.15, -0.1) is 0 Å². The summed E-state index contributed by atoms with van der Waals surface area (Å²) >= 11 is 0. The van der Waals surface area contributed by atoms with Crippen molar-refractivity contribution in [2.45, 2.75) is 46.1 Å². The van der Waals surface area contributed by atoms with E-state index >= 15 is 0 Å². The zero-order valence-corrected chi connectivity index (χ0v) is 12.0. The molecule has 0 saturated heterocycles. The lowest BCUT2D eigenvalue weighted by molar-refractivity contribution is 0.155. The zero-order chi connectivity index (χ0) is 13.8. The van der Waals surface area contributed by atoms with Gasteiger partial charge < -0.3 is 11.1 Å². The summed E-state index contributed by atoms with van der Waals surface area (Å²) in [6, 6.07) is 5.04. The van der Waals surface area contributed by atoms with E-state index in [1.807, 2.05) is 0 Å². The Morgan fingerprint density at radius 1 is 1.32 bits per heavy atom. The van der Waals surface area contributed by atoms with Gasteiger partial charge in [0.15, 0.2) is 0 Å². The van der Waals surface area contributed by atoms with Crippen LogP contribution in [0.3, 0.4) is 0 Å². The van der Waals surface area contributed by atoms with Crippen LogP contribution in [0, 0.1) is 22.6 Å². The maximum Gasteiger partial charge on any atom is 0.125 e. The van der Waals surface area contributed by atoms with Gasteiger partial charge in [-0.3, -0.25) is 0 Å². The lowest BCUT2D eigenvalue weighted by Crippen LogP contribution is -2.45. The van der Waals surface area contributed by atoms with Crippen molar-refractivity contribution in [3.63, 3.8) is 0 Å². The molecule has 0 aliphatic heterocycles. The van der Waals surface area contributed by atoms with E-state index in [0.717, 1.165) is 11.6 Å². The van der Waals surface area contributed by atoms with Crippen molar-refractivity contribution in [1.29, 1.82) is 0 Å². The molecule has 0 amide bonds. The first kappa shape index (κ1) is 12.8. The minimum Gasteiger partial charge on any atom is -0.397 e. The molecule has 3 unspecified atom stereocenters. The van der Waals surface area contributed by atoms with Gasteiger partial charge in [0.05, 0.1) is 11.4 Å². The molecule has 0 heterocycles. The van der Waals surface area contributed by atoms with Gasteiger partial charge in [-0.05, 0) is 54.2 Å². The standard InChI is InChI=1S/C16H23FN2/c1-15(2)10-6-7-16(3,9-10)14(15)19-13-5-4-11(17)8-12(13)18/h4-5,8,10,14,19H,6-7,9,18H2,1-3H3. The van der Waals surface area contributed by atoms with Crippen molar-refractivity contribution < 1.29 is 4.39 Å².